The molecule has 2 aromatic heterocycles. The molecule has 2 heterocycles. The van der Waals surface area contributed by atoms with Crippen molar-refractivity contribution in [3.05, 3.63) is 18.0 Å². The molecular formula is C14H18ClN3O. The number of ether oxygens (including phenoxy) is 1. The number of halogens is 1. The smallest absolute Gasteiger partial charge is 0.215 e. The molecule has 2 aromatic rings. The quantitative estimate of drug-likeness (QED) is 0.806. The average Bonchev–Trinajstić information content (AvgIpc) is 3.19. The fourth-order valence-corrected chi connectivity index (χ4v) is 2.95. The third-order valence-electron chi connectivity index (χ3n) is 4.03. The van der Waals surface area contributed by atoms with Crippen LogP contribution in [0.1, 0.15) is 32.5 Å². The maximum Gasteiger partial charge on any atom is 0.215 e. The highest BCUT2D eigenvalue weighted by molar-refractivity contribution is 6.16. The molecule has 102 valence electrons. The second-order valence-electron chi connectivity index (χ2n) is 5.62. The lowest BCUT2D eigenvalue weighted by atomic mass is 9.98. The van der Waals surface area contributed by atoms with E-state index in [4.69, 9.17) is 16.3 Å². The summed E-state index contributed by atoms with van der Waals surface area (Å²) < 4.78 is 7.41. The van der Waals surface area contributed by atoms with Crippen molar-refractivity contribution in [1.82, 2.24) is 14.5 Å². The van der Waals surface area contributed by atoms with Crippen molar-refractivity contribution in [3.8, 4) is 5.88 Å². The van der Waals surface area contributed by atoms with E-state index in [1.807, 2.05) is 12.1 Å². The Bertz CT molecular complexity index is 616. The van der Waals surface area contributed by atoms with Gasteiger partial charge in [-0.25, -0.2) is 4.98 Å². The van der Waals surface area contributed by atoms with E-state index in [0.29, 0.717) is 17.7 Å². The minimum Gasteiger partial charge on any atom is -0.481 e. The predicted octanol–water partition coefficient (Wildman–Crippen LogP) is 3.32. The van der Waals surface area contributed by atoms with Crippen LogP contribution in [0.15, 0.2) is 12.1 Å². The van der Waals surface area contributed by atoms with Crippen LogP contribution in [0.25, 0.3) is 11.2 Å². The number of alkyl halides is 1. The Morgan fingerprint density at radius 3 is 2.68 bits per heavy atom. The van der Waals surface area contributed by atoms with Gasteiger partial charge in [-0.1, -0.05) is 0 Å². The van der Waals surface area contributed by atoms with Crippen molar-refractivity contribution in [3.63, 3.8) is 0 Å². The first-order valence-electron chi connectivity index (χ1n) is 6.56. The first-order chi connectivity index (χ1) is 9.07. The van der Waals surface area contributed by atoms with Crippen LogP contribution in [0, 0.1) is 5.92 Å². The summed E-state index contributed by atoms with van der Waals surface area (Å²) in [6.45, 7) is 4.48. The lowest BCUT2D eigenvalue weighted by molar-refractivity contribution is 0.304. The first-order valence-corrected chi connectivity index (χ1v) is 7.10. The normalized spacial score (nSPS) is 16.0. The van der Waals surface area contributed by atoms with Gasteiger partial charge < -0.3 is 9.30 Å². The summed E-state index contributed by atoms with van der Waals surface area (Å²) in [6, 6.07) is 3.78. The summed E-state index contributed by atoms with van der Waals surface area (Å²) in [5.41, 5.74) is 1.75. The Morgan fingerprint density at radius 2 is 2.11 bits per heavy atom. The molecule has 5 heteroatoms. The van der Waals surface area contributed by atoms with E-state index >= 15 is 0 Å². The Balaban J connectivity index is 2.24. The van der Waals surface area contributed by atoms with Crippen LogP contribution < -0.4 is 4.74 Å². The van der Waals surface area contributed by atoms with E-state index in [1.165, 1.54) is 12.8 Å². The monoisotopic (exact) mass is 279 g/mol. The number of nitrogens with zero attached hydrogens (tertiary/aromatic N) is 3. The zero-order valence-corrected chi connectivity index (χ0v) is 12.2. The summed E-state index contributed by atoms with van der Waals surface area (Å²) >= 11 is 6.07. The van der Waals surface area contributed by atoms with E-state index in [1.54, 1.807) is 7.11 Å². The van der Waals surface area contributed by atoms with Crippen LogP contribution in [-0.4, -0.2) is 21.6 Å². The predicted molar refractivity (Wildman–Crippen MR) is 75.7 cm³/mol. The molecule has 0 saturated heterocycles. The highest BCUT2D eigenvalue weighted by Crippen LogP contribution is 2.45. The second-order valence-corrected chi connectivity index (χ2v) is 5.89. The molecule has 3 rings (SSSR count). The first kappa shape index (κ1) is 12.7. The molecule has 1 saturated carbocycles. The van der Waals surface area contributed by atoms with Crippen LogP contribution in [0.5, 0.6) is 5.88 Å². The van der Waals surface area contributed by atoms with Gasteiger partial charge in [0.05, 0.1) is 13.0 Å². The lowest BCUT2D eigenvalue weighted by Gasteiger charge is -2.28. The number of fused-ring (bicyclic) bond motifs is 1. The molecule has 0 aliphatic heterocycles. The molecule has 0 radical (unpaired) electrons. The topological polar surface area (TPSA) is 39.9 Å². The molecule has 0 N–H and O–H groups in total. The van der Waals surface area contributed by atoms with Gasteiger partial charge in [0.2, 0.25) is 5.88 Å². The zero-order chi connectivity index (χ0) is 13.6. The van der Waals surface area contributed by atoms with E-state index < -0.39 is 0 Å². The van der Waals surface area contributed by atoms with Crippen LogP contribution in [0.3, 0.4) is 0 Å². The van der Waals surface area contributed by atoms with Crippen molar-refractivity contribution >= 4 is 22.8 Å². The van der Waals surface area contributed by atoms with Gasteiger partial charge in [-0.3, -0.25) is 0 Å². The fourth-order valence-electron chi connectivity index (χ4n) is 2.77. The van der Waals surface area contributed by atoms with E-state index in [-0.39, 0.29) is 5.54 Å². The standard InChI is InChI=1S/C14H18ClN3O/c1-14(2,9-4-5-9)18-11(8-15)16-10-6-7-12(19-3)17-13(10)18/h6-7,9H,4-5,8H2,1-3H3. The van der Waals surface area contributed by atoms with Crippen LogP contribution in [0.2, 0.25) is 0 Å². The molecule has 0 amide bonds. The van der Waals surface area contributed by atoms with Crippen LogP contribution >= 0.6 is 11.6 Å². The number of aromatic nitrogens is 3. The summed E-state index contributed by atoms with van der Waals surface area (Å²) in [5.74, 6) is 2.57. The maximum atomic E-state index is 6.07. The number of hydrogen-bond donors (Lipinski definition) is 0. The molecular weight excluding hydrogens is 262 g/mol. The summed E-state index contributed by atoms with van der Waals surface area (Å²) in [7, 11) is 1.63. The molecule has 1 aliphatic rings. The lowest BCUT2D eigenvalue weighted by Crippen LogP contribution is -2.30. The van der Waals surface area contributed by atoms with Crippen molar-refractivity contribution in [2.24, 2.45) is 5.92 Å². The van der Waals surface area contributed by atoms with Gasteiger partial charge in [0.1, 0.15) is 11.3 Å². The van der Waals surface area contributed by atoms with Crippen molar-refractivity contribution in [2.45, 2.75) is 38.1 Å². The Kier molecular flexibility index (Phi) is 2.93. The molecule has 4 nitrogen and oxygen atoms in total. The van der Waals surface area contributed by atoms with Gasteiger partial charge in [0, 0.05) is 11.6 Å². The third-order valence-corrected chi connectivity index (χ3v) is 4.27. The summed E-state index contributed by atoms with van der Waals surface area (Å²) in [4.78, 5) is 9.15. The summed E-state index contributed by atoms with van der Waals surface area (Å²) in [6.07, 6.45) is 2.52. The minimum absolute atomic E-state index is 0.00165. The molecule has 1 fully saturated rings. The molecule has 0 atom stereocenters. The molecule has 0 spiro atoms. The Labute approximate surface area is 117 Å². The number of hydrogen-bond acceptors (Lipinski definition) is 3. The van der Waals surface area contributed by atoms with Gasteiger partial charge in [0.15, 0.2) is 5.65 Å². The second kappa shape index (κ2) is 4.37. The van der Waals surface area contributed by atoms with Gasteiger partial charge in [-0.2, -0.15) is 4.98 Å². The van der Waals surface area contributed by atoms with Crippen molar-refractivity contribution in [1.29, 1.82) is 0 Å². The molecule has 1 aliphatic carbocycles. The number of methoxy groups -OCH3 is 1. The van der Waals surface area contributed by atoms with E-state index in [2.05, 4.69) is 28.4 Å². The fraction of sp³-hybridized carbons (Fsp3) is 0.571. The van der Waals surface area contributed by atoms with Crippen molar-refractivity contribution in [2.75, 3.05) is 7.11 Å². The highest BCUT2D eigenvalue weighted by atomic mass is 35.5. The van der Waals surface area contributed by atoms with Crippen molar-refractivity contribution < 1.29 is 4.74 Å². The molecule has 19 heavy (non-hydrogen) atoms. The SMILES string of the molecule is COc1ccc2nc(CCl)n(C(C)(C)C3CC3)c2n1. The van der Waals surface area contributed by atoms with E-state index in [9.17, 15) is 0 Å². The Hall–Kier alpha value is -1.29. The number of pyridine rings is 1. The maximum absolute atomic E-state index is 6.07. The van der Waals surface area contributed by atoms with Gasteiger partial charge in [0.25, 0.3) is 0 Å². The largest absolute Gasteiger partial charge is 0.481 e. The summed E-state index contributed by atoms with van der Waals surface area (Å²) in [5, 5.41) is 0. The molecule has 0 bridgehead atoms. The van der Waals surface area contributed by atoms with Gasteiger partial charge in [-0.05, 0) is 38.7 Å². The number of rotatable bonds is 4. The van der Waals surface area contributed by atoms with Crippen LogP contribution in [0.4, 0.5) is 0 Å². The third kappa shape index (κ3) is 1.98. The minimum atomic E-state index is -0.00165. The number of imidazole rings is 1. The van der Waals surface area contributed by atoms with E-state index in [0.717, 1.165) is 17.0 Å². The van der Waals surface area contributed by atoms with Crippen LogP contribution in [-0.2, 0) is 11.4 Å². The highest BCUT2D eigenvalue weighted by Gasteiger charge is 2.41. The van der Waals surface area contributed by atoms with Gasteiger partial charge >= 0.3 is 0 Å². The van der Waals surface area contributed by atoms with Gasteiger partial charge in [-0.15, -0.1) is 11.6 Å². The Morgan fingerprint density at radius 1 is 1.37 bits per heavy atom. The average molecular weight is 280 g/mol. The molecule has 0 aromatic carbocycles. The molecule has 0 unspecified atom stereocenters. The zero-order valence-electron chi connectivity index (χ0n) is 11.5.